The molecule has 0 saturated heterocycles. The highest BCUT2D eigenvalue weighted by molar-refractivity contribution is 9.10. The van der Waals surface area contributed by atoms with Crippen LogP contribution < -0.4 is 11.1 Å². The fourth-order valence-electron chi connectivity index (χ4n) is 2.25. The molecular weight excluding hydrogens is 352 g/mol. The van der Waals surface area contributed by atoms with Crippen molar-refractivity contribution in [1.82, 2.24) is 0 Å². The van der Waals surface area contributed by atoms with Crippen LogP contribution in [-0.4, -0.2) is 5.91 Å². The normalized spacial score (nSPS) is 12.0. The predicted octanol–water partition coefficient (Wildman–Crippen LogP) is 4.36. The van der Waals surface area contributed by atoms with Gasteiger partial charge in [-0.05, 0) is 53.5 Å². The zero-order valence-corrected chi connectivity index (χ0v) is 14.1. The molecule has 0 bridgehead atoms. The molecule has 2 aromatic rings. The van der Waals surface area contributed by atoms with Gasteiger partial charge in [0, 0.05) is 10.2 Å². The summed E-state index contributed by atoms with van der Waals surface area (Å²) in [6.45, 7) is 3.99. The Bertz CT molecular complexity index is 668. The quantitative estimate of drug-likeness (QED) is 0.843. The number of carbonyl (C=O) groups is 1. The van der Waals surface area contributed by atoms with Crippen LogP contribution in [0.4, 0.5) is 5.69 Å². The lowest BCUT2D eigenvalue weighted by atomic mass is 10.0. The van der Waals surface area contributed by atoms with Gasteiger partial charge in [-0.15, -0.1) is 0 Å². The zero-order valence-electron chi connectivity index (χ0n) is 11.8. The Labute approximate surface area is 137 Å². The van der Waals surface area contributed by atoms with Gasteiger partial charge in [0.05, 0.1) is 5.02 Å². The van der Waals surface area contributed by atoms with Crippen LogP contribution in [0.2, 0.25) is 5.02 Å². The molecule has 0 heterocycles. The third-order valence-corrected chi connectivity index (χ3v) is 4.31. The number of anilines is 1. The molecule has 0 fully saturated rings. The second-order valence-corrected chi connectivity index (χ2v) is 6.29. The lowest BCUT2D eigenvalue weighted by Crippen LogP contribution is -2.27. The molecule has 2 rings (SSSR count). The Morgan fingerprint density at radius 3 is 2.33 bits per heavy atom. The average Bonchev–Trinajstić information content (AvgIpc) is 2.38. The minimum absolute atomic E-state index is 0.425. The fraction of sp³-hybridized carbons (Fsp3) is 0.188. The van der Waals surface area contributed by atoms with E-state index in [9.17, 15) is 4.79 Å². The Kier molecular flexibility index (Phi) is 4.91. The van der Waals surface area contributed by atoms with Gasteiger partial charge in [0.1, 0.15) is 6.04 Å². The van der Waals surface area contributed by atoms with Crippen molar-refractivity contribution >= 4 is 39.1 Å². The fourth-order valence-corrected chi connectivity index (χ4v) is 2.74. The number of primary amides is 1. The number of amides is 1. The molecule has 0 aliphatic rings. The average molecular weight is 368 g/mol. The number of rotatable bonds is 4. The van der Waals surface area contributed by atoms with E-state index >= 15 is 0 Å². The van der Waals surface area contributed by atoms with Gasteiger partial charge in [0.25, 0.3) is 0 Å². The van der Waals surface area contributed by atoms with Crippen LogP contribution in [0.5, 0.6) is 0 Å². The summed E-state index contributed by atoms with van der Waals surface area (Å²) in [5, 5.41) is 3.77. The molecule has 5 heteroatoms. The summed E-state index contributed by atoms with van der Waals surface area (Å²) in [6, 6.07) is 10.8. The zero-order chi connectivity index (χ0) is 15.6. The molecule has 1 atom stereocenters. The first-order valence-corrected chi connectivity index (χ1v) is 7.63. The number of carbonyl (C=O) groups excluding carboxylic acids is 1. The maximum atomic E-state index is 11.8. The van der Waals surface area contributed by atoms with Crippen molar-refractivity contribution in [2.24, 2.45) is 5.73 Å². The lowest BCUT2D eigenvalue weighted by molar-refractivity contribution is -0.118. The van der Waals surface area contributed by atoms with Crippen molar-refractivity contribution in [3.63, 3.8) is 0 Å². The third-order valence-electron chi connectivity index (χ3n) is 3.09. The molecule has 21 heavy (non-hydrogen) atoms. The number of hydrogen-bond acceptors (Lipinski definition) is 2. The minimum atomic E-state index is -0.586. The number of nitrogens with one attached hydrogen (secondary N) is 1. The molecule has 1 unspecified atom stereocenters. The molecule has 0 radical (unpaired) electrons. The van der Waals surface area contributed by atoms with Gasteiger partial charge >= 0.3 is 0 Å². The summed E-state index contributed by atoms with van der Waals surface area (Å²) in [4.78, 5) is 11.8. The molecule has 2 aromatic carbocycles. The van der Waals surface area contributed by atoms with E-state index in [4.69, 9.17) is 17.3 Å². The summed E-state index contributed by atoms with van der Waals surface area (Å²) >= 11 is 9.34. The topological polar surface area (TPSA) is 55.1 Å². The van der Waals surface area contributed by atoms with Gasteiger partial charge < -0.3 is 11.1 Å². The van der Waals surface area contributed by atoms with E-state index in [1.807, 2.05) is 38.1 Å². The lowest BCUT2D eigenvalue weighted by Gasteiger charge is -2.18. The van der Waals surface area contributed by atoms with Gasteiger partial charge in [0.2, 0.25) is 5.91 Å². The van der Waals surface area contributed by atoms with Crippen molar-refractivity contribution in [2.45, 2.75) is 19.9 Å². The van der Waals surface area contributed by atoms with Crippen molar-refractivity contribution < 1.29 is 4.79 Å². The molecule has 0 spiro atoms. The Morgan fingerprint density at radius 1 is 1.19 bits per heavy atom. The Balaban J connectivity index is 2.35. The van der Waals surface area contributed by atoms with E-state index in [0.717, 1.165) is 26.9 Å². The van der Waals surface area contributed by atoms with Gasteiger partial charge in [0.15, 0.2) is 0 Å². The molecule has 3 nitrogen and oxygen atoms in total. The van der Waals surface area contributed by atoms with Crippen LogP contribution in [0, 0.1) is 13.8 Å². The van der Waals surface area contributed by atoms with Crippen LogP contribution in [-0.2, 0) is 4.79 Å². The Hall–Kier alpha value is -1.52. The van der Waals surface area contributed by atoms with E-state index in [-0.39, 0.29) is 0 Å². The van der Waals surface area contributed by atoms with Gasteiger partial charge in [-0.2, -0.15) is 0 Å². The Morgan fingerprint density at radius 2 is 1.81 bits per heavy atom. The number of halogens is 2. The van der Waals surface area contributed by atoms with E-state index in [2.05, 4.69) is 27.3 Å². The van der Waals surface area contributed by atoms with E-state index in [1.165, 1.54) is 0 Å². The number of benzene rings is 2. The highest BCUT2D eigenvalue weighted by atomic mass is 79.9. The van der Waals surface area contributed by atoms with Crippen molar-refractivity contribution in [1.29, 1.82) is 0 Å². The molecule has 3 N–H and O–H groups in total. The smallest absolute Gasteiger partial charge is 0.244 e. The van der Waals surface area contributed by atoms with Crippen LogP contribution in [0.15, 0.2) is 40.9 Å². The summed E-state index contributed by atoms with van der Waals surface area (Å²) in [6.07, 6.45) is 0. The van der Waals surface area contributed by atoms with Gasteiger partial charge in [-0.25, -0.2) is 0 Å². The summed E-state index contributed by atoms with van der Waals surface area (Å²) in [5.74, 6) is -0.425. The molecular formula is C16H16BrClN2O. The molecule has 0 aliphatic carbocycles. The maximum Gasteiger partial charge on any atom is 0.244 e. The van der Waals surface area contributed by atoms with E-state index in [1.54, 1.807) is 6.07 Å². The van der Waals surface area contributed by atoms with Crippen molar-refractivity contribution in [3.8, 4) is 0 Å². The van der Waals surface area contributed by atoms with Crippen LogP contribution in [0.25, 0.3) is 0 Å². The summed E-state index contributed by atoms with van der Waals surface area (Å²) in [5.41, 5.74) is 9.36. The van der Waals surface area contributed by atoms with Crippen LogP contribution in [0.1, 0.15) is 22.7 Å². The molecule has 0 aromatic heterocycles. The largest absolute Gasteiger partial charge is 0.370 e. The van der Waals surface area contributed by atoms with Gasteiger partial charge in [-0.3, -0.25) is 4.79 Å². The number of nitrogens with two attached hydrogens (primary N) is 1. The number of aryl methyl sites for hydroxylation is 2. The second-order valence-electron chi connectivity index (χ2n) is 5.03. The highest BCUT2D eigenvalue weighted by Gasteiger charge is 2.18. The minimum Gasteiger partial charge on any atom is -0.370 e. The monoisotopic (exact) mass is 366 g/mol. The van der Waals surface area contributed by atoms with E-state index < -0.39 is 11.9 Å². The predicted molar refractivity (Wildman–Crippen MR) is 90.6 cm³/mol. The SMILES string of the molecule is Cc1cc(C)cc(C(Nc2ccc(Cl)c(Br)c2)C(N)=O)c1. The van der Waals surface area contributed by atoms with E-state index in [0.29, 0.717) is 5.02 Å². The maximum absolute atomic E-state index is 11.8. The van der Waals surface area contributed by atoms with Gasteiger partial charge in [-0.1, -0.05) is 40.9 Å². The first kappa shape index (κ1) is 15.9. The first-order chi connectivity index (χ1) is 9.86. The van der Waals surface area contributed by atoms with Crippen LogP contribution >= 0.6 is 27.5 Å². The molecule has 110 valence electrons. The van der Waals surface area contributed by atoms with Crippen molar-refractivity contribution in [3.05, 3.63) is 62.6 Å². The molecule has 0 saturated carbocycles. The van der Waals surface area contributed by atoms with Crippen LogP contribution in [0.3, 0.4) is 0 Å². The first-order valence-electron chi connectivity index (χ1n) is 6.46. The molecule has 1 amide bonds. The standard InChI is InChI=1S/C16H16BrClN2O/c1-9-5-10(2)7-11(6-9)15(16(19)21)20-12-3-4-14(18)13(17)8-12/h3-8,15,20H,1-2H3,(H2,19,21). The summed E-state index contributed by atoms with van der Waals surface area (Å²) < 4.78 is 0.762. The summed E-state index contributed by atoms with van der Waals surface area (Å²) in [7, 11) is 0. The molecule has 0 aliphatic heterocycles. The highest BCUT2D eigenvalue weighted by Crippen LogP contribution is 2.28. The second kappa shape index (κ2) is 6.50. The van der Waals surface area contributed by atoms with Crippen molar-refractivity contribution in [2.75, 3.05) is 5.32 Å². The number of hydrogen-bond donors (Lipinski definition) is 2. The third kappa shape index (κ3) is 3.99.